The number of halogens is 3. The van der Waals surface area contributed by atoms with Gasteiger partial charge in [0.2, 0.25) is 0 Å². The van der Waals surface area contributed by atoms with Crippen molar-refractivity contribution in [3.8, 4) is 0 Å². The first-order chi connectivity index (χ1) is 9.47. The van der Waals surface area contributed by atoms with Gasteiger partial charge in [-0.2, -0.15) is 13.2 Å². The third-order valence-electron chi connectivity index (χ3n) is 2.85. The summed E-state index contributed by atoms with van der Waals surface area (Å²) in [5.74, 6) is -1.20. The maximum absolute atomic E-state index is 12.0. The highest BCUT2D eigenvalue weighted by molar-refractivity contribution is 5.81. The molecule has 0 unspecified atom stereocenters. The highest BCUT2D eigenvalue weighted by atomic mass is 19.4. The zero-order valence-electron chi connectivity index (χ0n) is 10.6. The Balaban J connectivity index is 1.90. The summed E-state index contributed by atoms with van der Waals surface area (Å²) in [7, 11) is 0. The first-order valence-corrected chi connectivity index (χ1v) is 6.09. The quantitative estimate of drug-likeness (QED) is 0.905. The summed E-state index contributed by atoms with van der Waals surface area (Å²) in [5.41, 5.74) is 0.514. The highest BCUT2D eigenvalue weighted by Gasteiger charge is 2.38. The van der Waals surface area contributed by atoms with E-state index in [-0.39, 0.29) is 6.54 Å². The predicted octanol–water partition coefficient (Wildman–Crippen LogP) is 1.10. The molecule has 0 bridgehead atoms. The van der Waals surface area contributed by atoms with Crippen molar-refractivity contribution >= 4 is 11.7 Å². The lowest BCUT2D eigenvalue weighted by atomic mass is 10.2. The number of aromatic nitrogens is 1. The Labute approximate surface area is 113 Å². The molecule has 1 aliphatic rings. The smallest absolute Gasteiger partial charge is 0.378 e. The minimum absolute atomic E-state index is 0.200. The van der Waals surface area contributed by atoms with Gasteiger partial charge in [-0.1, -0.05) is 6.07 Å². The topological polar surface area (TPSA) is 54.5 Å². The predicted molar refractivity (Wildman–Crippen MR) is 65.2 cm³/mol. The van der Waals surface area contributed by atoms with Gasteiger partial charge in [0.15, 0.2) is 0 Å². The number of morpholine rings is 1. The van der Waals surface area contributed by atoms with Crippen molar-refractivity contribution < 1.29 is 22.7 Å². The number of ether oxygens (including phenoxy) is 1. The minimum Gasteiger partial charge on any atom is -0.378 e. The van der Waals surface area contributed by atoms with Crippen LogP contribution < -0.4 is 10.2 Å². The van der Waals surface area contributed by atoms with Crippen LogP contribution in [-0.2, 0) is 16.1 Å². The minimum atomic E-state index is -4.86. The molecule has 5 nitrogen and oxygen atoms in total. The second-order valence-electron chi connectivity index (χ2n) is 4.30. The van der Waals surface area contributed by atoms with E-state index in [0.29, 0.717) is 18.8 Å². The Hall–Kier alpha value is -1.83. The number of amides is 1. The summed E-state index contributed by atoms with van der Waals surface area (Å²) in [4.78, 5) is 16.9. The van der Waals surface area contributed by atoms with Crippen molar-refractivity contribution in [3.63, 3.8) is 0 Å². The van der Waals surface area contributed by atoms with E-state index >= 15 is 0 Å². The van der Waals surface area contributed by atoms with Crippen LogP contribution in [0.2, 0.25) is 0 Å². The molecule has 20 heavy (non-hydrogen) atoms. The van der Waals surface area contributed by atoms with Gasteiger partial charge in [0.25, 0.3) is 0 Å². The fraction of sp³-hybridized carbons (Fsp3) is 0.500. The van der Waals surface area contributed by atoms with Gasteiger partial charge in [-0.25, -0.2) is 4.98 Å². The van der Waals surface area contributed by atoms with Crippen LogP contribution >= 0.6 is 0 Å². The van der Waals surface area contributed by atoms with Crippen LogP contribution in [0.15, 0.2) is 18.3 Å². The van der Waals surface area contributed by atoms with Crippen molar-refractivity contribution in [1.82, 2.24) is 10.3 Å². The summed E-state index contributed by atoms with van der Waals surface area (Å²) in [6.07, 6.45) is -3.40. The van der Waals surface area contributed by atoms with Crippen LogP contribution in [0.25, 0.3) is 0 Å². The summed E-state index contributed by atoms with van der Waals surface area (Å²) >= 11 is 0. The lowest BCUT2D eigenvalue weighted by Gasteiger charge is -2.27. The molecule has 0 aliphatic carbocycles. The van der Waals surface area contributed by atoms with E-state index in [2.05, 4.69) is 4.98 Å². The molecular weight excluding hydrogens is 275 g/mol. The van der Waals surface area contributed by atoms with E-state index in [0.717, 1.165) is 18.9 Å². The number of anilines is 1. The molecule has 1 aliphatic heterocycles. The molecular formula is C12H14F3N3O2. The van der Waals surface area contributed by atoms with Gasteiger partial charge < -0.3 is 15.0 Å². The Morgan fingerprint density at radius 2 is 2.05 bits per heavy atom. The van der Waals surface area contributed by atoms with Crippen molar-refractivity contribution in [3.05, 3.63) is 23.9 Å². The molecule has 2 rings (SSSR count). The monoisotopic (exact) mass is 289 g/mol. The standard InChI is InChI=1S/C12H14F3N3O2/c13-12(14,15)11(19)17-8-9-1-2-10(16-7-9)18-3-5-20-6-4-18/h1-2,7H,3-6,8H2,(H,17,19). The van der Waals surface area contributed by atoms with Gasteiger partial charge in [0, 0.05) is 25.8 Å². The SMILES string of the molecule is O=C(NCc1ccc(N2CCOCC2)nc1)C(F)(F)F. The number of nitrogens with one attached hydrogen (secondary N) is 1. The van der Waals surface area contributed by atoms with Crippen molar-refractivity contribution in [2.75, 3.05) is 31.2 Å². The third-order valence-corrected chi connectivity index (χ3v) is 2.85. The molecule has 1 aromatic rings. The van der Waals surface area contributed by atoms with Gasteiger partial charge in [-0.15, -0.1) is 0 Å². The average Bonchev–Trinajstić information content (AvgIpc) is 2.45. The summed E-state index contributed by atoms with van der Waals surface area (Å²) in [5, 5.41) is 1.80. The van der Waals surface area contributed by atoms with Crippen LogP contribution in [0, 0.1) is 0 Å². The molecule has 0 aromatic carbocycles. The molecule has 110 valence electrons. The van der Waals surface area contributed by atoms with E-state index in [9.17, 15) is 18.0 Å². The Morgan fingerprint density at radius 1 is 1.35 bits per heavy atom. The molecule has 1 aromatic heterocycles. The van der Waals surface area contributed by atoms with Gasteiger partial charge in [0.1, 0.15) is 5.82 Å². The molecule has 2 heterocycles. The first-order valence-electron chi connectivity index (χ1n) is 6.09. The van der Waals surface area contributed by atoms with E-state index in [1.807, 2.05) is 4.90 Å². The van der Waals surface area contributed by atoms with Crippen molar-refractivity contribution in [1.29, 1.82) is 0 Å². The molecule has 0 saturated carbocycles. The van der Waals surface area contributed by atoms with Gasteiger partial charge in [0.05, 0.1) is 13.2 Å². The second kappa shape index (κ2) is 6.08. The number of hydrogen-bond acceptors (Lipinski definition) is 4. The van der Waals surface area contributed by atoms with Crippen molar-refractivity contribution in [2.45, 2.75) is 12.7 Å². The fourth-order valence-corrected chi connectivity index (χ4v) is 1.78. The summed E-state index contributed by atoms with van der Waals surface area (Å²) in [6.45, 7) is 2.53. The zero-order chi connectivity index (χ0) is 14.6. The normalized spacial score (nSPS) is 16.1. The highest BCUT2D eigenvalue weighted by Crippen LogP contribution is 2.15. The molecule has 1 N–H and O–H groups in total. The number of hydrogen-bond donors (Lipinski definition) is 1. The van der Waals surface area contributed by atoms with E-state index in [4.69, 9.17) is 4.74 Å². The Bertz CT molecular complexity index is 456. The van der Waals surface area contributed by atoms with Crippen LogP contribution in [0.4, 0.5) is 19.0 Å². The van der Waals surface area contributed by atoms with Crippen LogP contribution in [0.3, 0.4) is 0 Å². The molecule has 1 amide bonds. The van der Waals surface area contributed by atoms with Crippen LogP contribution in [0.1, 0.15) is 5.56 Å². The van der Waals surface area contributed by atoms with E-state index in [1.54, 1.807) is 17.4 Å². The molecule has 8 heteroatoms. The lowest BCUT2D eigenvalue weighted by Crippen LogP contribution is -2.37. The van der Waals surface area contributed by atoms with Crippen LogP contribution in [-0.4, -0.2) is 43.4 Å². The largest absolute Gasteiger partial charge is 0.471 e. The number of pyridine rings is 1. The Kier molecular flexibility index (Phi) is 4.43. The molecule has 0 spiro atoms. The number of alkyl halides is 3. The number of rotatable bonds is 3. The number of nitrogens with zero attached hydrogens (tertiary/aromatic N) is 2. The zero-order valence-corrected chi connectivity index (χ0v) is 10.6. The number of carbonyl (C=O) groups excluding carboxylic acids is 1. The average molecular weight is 289 g/mol. The molecule has 0 atom stereocenters. The summed E-state index contributed by atoms with van der Waals surface area (Å²) < 4.78 is 41.3. The van der Waals surface area contributed by atoms with Gasteiger partial charge >= 0.3 is 12.1 Å². The third kappa shape index (κ3) is 3.83. The molecule has 1 saturated heterocycles. The molecule has 1 fully saturated rings. The fourth-order valence-electron chi connectivity index (χ4n) is 1.78. The van der Waals surface area contributed by atoms with Crippen molar-refractivity contribution in [2.24, 2.45) is 0 Å². The number of carbonyl (C=O) groups is 1. The van der Waals surface area contributed by atoms with E-state index in [1.165, 1.54) is 6.20 Å². The van der Waals surface area contributed by atoms with Crippen LogP contribution in [0.5, 0.6) is 0 Å². The Morgan fingerprint density at radius 3 is 2.60 bits per heavy atom. The second-order valence-corrected chi connectivity index (χ2v) is 4.30. The van der Waals surface area contributed by atoms with Gasteiger partial charge in [-0.3, -0.25) is 4.79 Å². The molecule has 0 radical (unpaired) electrons. The maximum Gasteiger partial charge on any atom is 0.471 e. The lowest BCUT2D eigenvalue weighted by molar-refractivity contribution is -0.173. The summed E-state index contributed by atoms with van der Waals surface area (Å²) in [6, 6.07) is 3.37. The van der Waals surface area contributed by atoms with Gasteiger partial charge in [-0.05, 0) is 11.6 Å². The maximum atomic E-state index is 12.0. The van der Waals surface area contributed by atoms with E-state index < -0.39 is 12.1 Å². The first kappa shape index (κ1) is 14.6.